The number of rotatable bonds is 7. The molecule has 0 radical (unpaired) electrons. The van der Waals surface area contributed by atoms with Gasteiger partial charge in [0.05, 0.1) is 0 Å². The molecule has 1 atom stereocenters. The minimum Gasteiger partial charge on any atom is -0.366 e. The average Bonchev–Trinajstić information content (AvgIpc) is 2.35. The molecule has 0 saturated carbocycles. The fourth-order valence-corrected chi connectivity index (χ4v) is 2.05. The van der Waals surface area contributed by atoms with Crippen LogP contribution in [0, 0.1) is 6.92 Å². The lowest BCUT2D eigenvalue weighted by Gasteiger charge is -2.23. The van der Waals surface area contributed by atoms with Gasteiger partial charge in [-0.3, -0.25) is 0 Å². The number of nitrogens with zero attached hydrogens (tertiary/aromatic N) is 3. The first-order valence-electron chi connectivity index (χ1n) is 6.92. The highest BCUT2D eigenvalue weighted by Gasteiger charge is 2.08. The van der Waals surface area contributed by atoms with Crippen molar-refractivity contribution in [3.63, 3.8) is 0 Å². The largest absolute Gasteiger partial charge is 0.366 e. The molecule has 1 aromatic rings. The molecular formula is C14H26N4. The number of hydrogen-bond donors (Lipinski definition) is 1. The molecule has 1 rings (SSSR count). The minimum absolute atomic E-state index is 0.393. The second kappa shape index (κ2) is 7.31. The number of anilines is 1. The molecule has 0 amide bonds. The topological polar surface area (TPSA) is 41.0 Å². The maximum atomic E-state index is 4.44. The maximum Gasteiger partial charge on any atom is 0.130 e. The molecule has 0 aliphatic carbocycles. The van der Waals surface area contributed by atoms with Crippen molar-refractivity contribution in [3.8, 4) is 0 Å². The number of likely N-dealkylation sites (N-methyl/N-ethyl adjacent to an activating group) is 1. The SMILES string of the molecule is CCc1cc(NC(C)CN(CC)CC)nc(C)n1. The summed E-state index contributed by atoms with van der Waals surface area (Å²) in [6, 6.07) is 2.44. The van der Waals surface area contributed by atoms with E-state index in [0.29, 0.717) is 6.04 Å². The van der Waals surface area contributed by atoms with Crippen LogP contribution in [0.4, 0.5) is 5.82 Å². The van der Waals surface area contributed by atoms with E-state index in [1.807, 2.05) is 13.0 Å². The number of hydrogen-bond acceptors (Lipinski definition) is 4. The van der Waals surface area contributed by atoms with Crippen molar-refractivity contribution in [3.05, 3.63) is 17.6 Å². The van der Waals surface area contributed by atoms with E-state index in [1.165, 1.54) is 0 Å². The summed E-state index contributed by atoms with van der Waals surface area (Å²) in [7, 11) is 0. The van der Waals surface area contributed by atoms with Crippen molar-refractivity contribution >= 4 is 5.82 Å². The summed E-state index contributed by atoms with van der Waals surface area (Å²) >= 11 is 0. The molecule has 18 heavy (non-hydrogen) atoms. The zero-order valence-electron chi connectivity index (χ0n) is 12.3. The normalized spacial score (nSPS) is 12.8. The fourth-order valence-electron chi connectivity index (χ4n) is 2.05. The predicted molar refractivity (Wildman–Crippen MR) is 77.0 cm³/mol. The smallest absolute Gasteiger partial charge is 0.130 e. The first-order valence-corrected chi connectivity index (χ1v) is 6.92. The Labute approximate surface area is 111 Å². The molecule has 4 heteroatoms. The van der Waals surface area contributed by atoms with Crippen molar-refractivity contribution in [1.29, 1.82) is 0 Å². The Morgan fingerprint density at radius 3 is 2.44 bits per heavy atom. The van der Waals surface area contributed by atoms with Crippen LogP contribution in [0.5, 0.6) is 0 Å². The molecule has 1 aromatic heterocycles. The quantitative estimate of drug-likeness (QED) is 0.807. The minimum atomic E-state index is 0.393. The zero-order valence-corrected chi connectivity index (χ0v) is 12.3. The van der Waals surface area contributed by atoms with Crippen LogP contribution in [-0.2, 0) is 6.42 Å². The van der Waals surface area contributed by atoms with Crippen LogP contribution in [0.3, 0.4) is 0 Å². The molecule has 0 saturated heterocycles. The summed E-state index contributed by atoms with van der Waals surface area (Å²) in [6.07, 6.45) is 0.947. The molecule has 0 fully saturated rings. The molecule has 0 bridgehead atoms. The van der Waals surface area contributed by atoms with Crippen molar-refractivity contribution in [2.45, 2.75) is 47.1 Å². The van der Waals surface area contributed by atoms with Crippen molar-refractivity contribution in [1.82, 2.24) is 14.9 Å². The fraction of sp³-hybridized carbons (Fsp3) is 0.714. The number of nitrogens with one attached hydrogen (secondary N) is 1. The van der Waals surface area contributed by atoms with E-state index in [9.17, 15) is 0 Å². The molecule has 4 nitrogen and oxygen atoms in total. The molecular weight excluding hydrogens is 224 g/mol. The Balaban J connectivity index is 2.63. The van der Waals surface area contributed by atoms with Gasteiger partial charge in [-0.1, -0.05) is 20.8 Å². The van der Waals surface area contributed by atoms with Gasteiger partial charge in [-0.2, -0.15) is 0 Å². The van der Waals surface area contributed by atoms with Gasteiger partial charge in [0.1, 0.15) is 11.6 Å². The number of aryl methyl sites for hydroxylation is 2. The van der Waals surface area contributed by atoms with E-state index < -0.39 is 0 Å². The highest BCUT2D eigenvalue weighted by atomic mass is 15.2. The second-order valence-electron chi connectivity index (χ2n) is 4.68. The van der Waals surface area contributed by atoms with Crippen molar-refractivity contribution < 1.29 is 0 Å². The van der Waals surface area contributed by atoms with Crippen LogP contribution < -0.4 is 5.32 Å². The van der Waals surface area contributed by atoms with Gasteiger partial charge < -0.3 is 10.2 Å². The van der Waals surface area contributed by atoms with Gasteiger partial charge in [-0.05, 0) is 33.4 Å². The van der Waals surface area contributed by atoms with E-state index in [2.05, 4.69) is 47.9 Å². The lowest BCUT2D eigenvalue weighted by molar-refractivity contribution is 0.294. The first-order chi connectivity index (χ1) is 8.58. The molecule has 0 aliphatic heterocycles. The Kier molecular flexibility index (Phi) is 6.05. The zero-order chi connectivity index (χ0) is 13.5. The lowest BCUT2D eigenvalue weighted by atomic mass is 10.2. The van der Waals surface area contributed by atoms with Gasteiger partial charge in [0, 0.05) is 24.3 Å². The van der Waals surface area contributed by atoms with Gasteiger partial charge in [-0.25, -0.2) is 9.97 Å². The highest BCUT2D eigenvalue weighted by Crippen LogP contribution is 2.09. The Morgan fingerprint density at radius 2 is 1.89 bits per heavy atom. The summed E-state index contributed by atoms with van der Waals surface area (Å²) in [5.74, 6) is 1.78. The molecule has 0 aliphatic rings. The summed E-state index contributed by atoms with van der Waals surface area (Å²) in [4.78, 5) is 11.2. The van der Waals surface area contributed by atoms with Gasteiger partial charge in [-0.15, -0.1) is 0 Å². The van der Waals surface area contributed by atoms with Crippen molar-refractivity contribution in [2.75, 3.05) is 25.0 Å². The summed E-state index contributed by atoms with van der Waals surface area (Å²) < 4.78 is 0. The molecule has 0 aromatic carbocycles. The van der Waals surface area contributed by atoms with Crippen LogP contribution in [-0.4, -0.2) is 40.5 Å². The van der Waals surface area contributed by atoms with Crippen LogP contribution in [0.2, 0.25) is 0 Å². The number of aromatic nitrogens is 2. The van der Waals surface area contributed by atoms with Crippen LogP contribution in [0.15, 0.2) is 6.07 Å². The monoisotopic (exact) mass is 250 g/mol. The standard InChI is InChI=1S/C14H26N4/c1-6-13-9-14(17-12(5)16-13)15-11(4)10-18(7-2)8-3/h9,11H,6-8,10H2,1-5H3,(H,15,16,17). The van der Waals surface area contributed by atoms with E-state index >= 15 is 0 Å². The van der Waals surface area contributed by atoms with E-state index in [1.54, 1.807) is 0 Å². The Bertz CT molecular complexity index is 361. The molecule has 0 spiro atoms. The average molecular weight is 250 g/mol. The highest BCUT2D eigenvalue weighted by molar-refractivity contribution is 5.37. The molecule has 1 heterocycles. The van der Waals surface area contributed by atoms with Gasteiger partial charge in [0.15, 0.2) is 0 Å². The second-order valence-corrected chi connectivity index (χ2v) is 4.68. The summed E-state index contributed by atoms with van der Waals surface area (Å²) in [5.41, 5.74) is 1.10. The summed E-state index contributed by atoms with van der Waals surface area (Å²) in [5, 5.41) is 3.46. The van der Waals surface area contributed by atoms with Gasteiger partial charge >= 0.3 is 0 Å². The van der Waals surface area contributed by atoms with E-state index in [0.717, 1.165) is 43.4 Å². The third-order valence-electron chi connectivity index (χ3n) is 3.07. The van der Waals surface area contributed by atoms with E-state index in [4.69, 9.17) is 0 Å². The summed E-state index contributed by atoms with van der Waals surface area (Å²) in [6.45, 7) is 13.9. The maximum absolute atomic E-state index is 4.44. The lowest BCUT2D eigenvalue weighted by Crippen LogP contribution is -2.35. The third-order valence-corrected chi connectivity index (χ3v) is 3.07. The molecule has 1 unspecified atom stereocenters. The van der Waals surface area contributed by atoms with Gasteiger partial charge in [0.2, 0.25) is 0 Å². The Morgan fingerprint density at radius 1 is 1.22 bits per heavy atom. The van der Waals surface area contributed by atoms with Crippen LogP contribution in [0.25, 0.3) is 0 Å². The van der Waals surface area contributed by atoms with Crippen LogP contribution in [0.1, 0.15) is 39.2 Å². The van der Waals surface area contributed by atoms with Crippen molar-refractivity contribution in [2.24, 2.45) is 0 Å². The third kappa shape index (κ3) is 4.61. The molecule has 1 N–H and O–H groups in total. The predicted octanol–water partition coefficient (Wildman–Crippen LogP) is 2.49. The first kappa shape index (κ1) is 14.9. The Hall–Kier alpha value is -1.16. The van der Waals surface area contributed by atoms with Crippen LogP contribution >= 0.6 is 0 Å². The molecule has 102 valence electrons. The van der Waals surface area contributed by atoms with E-state index in [-0.39, 0.29) is 0 Å². The van der Waals surface area contributed by atoms with Gasteiger partial charge in [0.25, 0.3) is 0 Å².